The third-order valence-corrected chi connectivity index (χ3v) is 5.24. The third kappa shape index (κ3) is 4.12. The van der Waals surface area contributed by atoms with Gasteiger partial charge in [0.25, 0.3) is 11.8 Å². The fourth-order valence-corrected chi connectivity index (χ4v) is 3.64. The van der Waals surface area contributed by atoms with E-state index in [0.29, 0.717) is 55.1 Å². The number of hydrogen-bond acceptors (Lipinski definition) is 8. The summed E-state index contributed by atoms with van der Waals surface area (Å²) in [7, 11) is 3.00. The number of benzene rings is 1. The standard InChI is InChI=1S/C21H21N3O6S/c1-27-13-3-5-16(17(12-13)28-2)24-20(26)15(19(25)22-21(24)31)11-14-4-6-18(30-14)23-7-9-29-10-8-23/h3-6,11-12H,7-10H2,1-2H3,(H,22,25,31)/b15-11+. The van der Waals surface area contributed by atoms with E-state index in [9.17, 15) is 9.59 Å². The van der Waals surface area contributed by atoms with Crippen molar-refractivity contribution >= 4 is 46.8 Å². The quantitative estimate of drug-likeness (QED) is 0.426. The van der Waals surface area contributed by atoms with Gasteiger partial charge in [0.15, 0.2) is 11.0 Å². The number of nitrogens with one attached hydrogen (secondary N) is 1. The molecule has 0 aliphatic carbocycles. The first-order valence-electron chi connectivity index (χ1n) is 9.58. The van der Waals surface area contributed by atoms with Crippen molar-refractivity contribution in [2.24, 2.45) is 0 Å². The molecule has 10 heteroatoms. The molecule has 0 unspecified atom stereocenters. The molecule has 2 fully saturated rings. The van der Waals surface area contributed by atoms with Crippen molar-refractivity contribution < 1.29 is 28.2 Å². The molecule has 2 aromatic rings. The molecule has 2 aliphatic heterocycles. The average molecular weight is 443 g/mol. The van der Waals surface area contributed by atoms with Crippen LogP contribution in [0.4, 0.5) is 11.6 Å². The Morgan fingerprint density at radius 1 is 1.10 bits per heavy atom. The van der Waals surface area contributed by atoms with Crippen LogP contribution >= 0.6 is 12.2 Å². The van der Waals surface area contributed by atoms with Crippen LogP contribution in [-0.2, 0) is 14.3 Å². The number of anilines is 2. The fraction of sp³-hybridized carbons (Fsp3) is 0.286. The third-order valence-electron chi connectivity index (χ3n) is 4.95. The highest BCUT2D eigenvalue weighted by molar-refractivity contribution is 7.80. The van der Waals surface area contributed by atoms with Crippen molar-refractivity contribution in [3.05, 3.63) is 41.7 Å². The summed E-state index contributed by atoms with van der Waals surface area (Å²) in [4.78, 5) is 29.0. The van der Waals surface area contributed by atoms with E-state index >= 15 is 0 Å². The second kappa shape index (κ2) is 8.78. The minimum absolute atomic E-state index is 0.0379. The number of carbonyl (C=O) groups is 2. The van der Waals surface area contributed by atoms with Crippen molar-refractivity contribution in [2.45, 2.75) is 0 Å². The molecule has 162 valence electrons. The topological polar surface area (TPSA) is 93.5 Å². The highest BCUT2D eigenvalue weighted by Gasteiger charge is 2.36. The predicted molar refractivity (Wildman–Crippen MR) is 117 cm³/mol. The summed E-state index contributed by atoms with van der Waals surface area (Å²) in [6.45, 7) is 2.66. The SMILES string of the molecule is COc1ccc(N2C(=O)/C(=C/c3ccc(N4CCOCC4)o3)C(=O)NC2=S)c(OC)c1. The molecule has 31 heavy (non-hydrogen) atoms. The van der Waals surface area contributed by atoms with Crippen LogP contribution in [0.15, 0.2) is 40.3 Å². The Hall–Kier alpha value is -3.37. The molecule has 4 rings (SSSR count). The number of furan rings is 1. The van der Waals surface area contributed by atoms with Gasteiger partial charge >= 0.3 is 0 Å². The van der Waals surface area contributed by atoms with Gasteiger partial charge in [-0.2, -0.15) is 0 Å². The first kappa shape index (κ1) is 20.9. The average Bonchev–Trinajstić information content (AvgIpc) is 3.26. The van der Waals surface area contributed by atoms with E-state index < -0.39 is 11.8 Å². The van der Waals surface area contributed by atoms with E-state index in [-0.39, 0.29) is 10.7 Å². The number of ether oxygens (including phenoxy) is 3. The molecule has 1 N–H and O–H groups in total. The Kier molecular flexibility index (Phi) is 5.92. The summed E-state index contributed by atoms with van der Waals surface area (Å²) in [5.74, 6) is 0.794. The number of nitrogens with zero attached hydrogens (tertiary/aromatic N) is 2. The first-order chi connectivity index (χ1) is 15.0. The molecule has 1 aromatic carbocycles. The zero-order valence-electron chi connectivity index (χ0n) is 17.0. The van der Waals surface area contributed by atoms with Gasteiger partial charge in [0.1, 0.15) is 22.8 Å². The predicted octanol–water partition coefficient (Wildman–Crippen LogP) is 1.96. The number of morpholine rings is 1. The molecule has 0 atom stereocenters. The summed E-state index contributed by atoms with van der Waals surface area (Å²) >= 11 is 5.26. The van der Waals surface area contributed by atoms with Gasteiger partial charge in [-0.3, -0.25) is 14.9 Å². The smallest absolute Gasteiger partial charge is 0.270 e. The van der Waals surface area contributed by atoms with Crippen LogP contribution in [0.2, 0.25) is 0 Å². The van der Waals surface area contributed by atoms with Crippen LogP contribution in [0.3, 0.4) is 0 Å². The molecule has 2 amide bonds. The largest absolute Gasteiger partial charge is 0.497 e. The molecule has 0 saturated carbocycles. The van der Waals surface area contributed by atoms with E-state index in [2.05, 4.69) is 5.32 Å². The number of hydrogen-bond donors (Lipinski definition) is 1. The zero-order chi connectivity index (χ0) is 22.0. The molecule has 2 saturated heterocycles. The minimum atomic E-state index is -0.594. The summed E-state index contributed by atoms with van der Waals surface area (Å²) in [6.07, 6.45) is 1.41. The van der Waals surface area contributed by atoms with Crippen LogP contribution in [0, 0.1) is 0 Å². The van der Waals surface area contributed by atoms with Gasteiger partial charge < -0.3 is 23.5 Å². The fourth-order valence-electron chi connectivity index (χ4n) is 3.36. The van der Waals surface area contributed by atoms with Crippen LogP contribution in [0.5, 0.6) is 11.5 Å². The molecular formula is C21H21N3O6S. The van der Waals surface area contributed by atoms with Gasteiger partial charge in [0, 0.05) is 25.2 Å². The summed E-state index contributed by atoms with van der Waals surface area (Å²) in [5.41, 5.74) is 0.284. The second-order valence-electron chi connectivity index (χ2n) is 6.77. The van der Waals surface area contributed by atoms with Gasteiger partial charge in [-0.1, -0.05) is 0 Å². The van der Waals surface area contributed by atoms with Crippen LogP contribution in [0.25, 0.3) is 6.08 Å². The van der Waals surface area contributed by atoms with Gasteiger partial charge in [0.05, 0.1) is 33.1 Å². The van der Waals surface area contributed by atoms with E-state index in [1.165, 1.54) is 25.2 Å². The van der Waals surface area contributed by atoms with Crippen molar-refractivity contribution in [1.29, 1.82) is 0 Å². The van der Waals surface area contributed by atoms with E-state index in [0.717, 1.165) is 0 Å². The molecule has 1 aromatic heterocycles. The molecule has 9 nitrogen and oxygen atoms in total. The lowest BCUT2D eigenvalue weighted by atomic mass is 10.1. The lowest BCUT2D eigenvalue weighted by Crippen LogP contribution is -2.54. The lowest BCUT2D eigenvalue weighted by molar-refractivity contribution is -0.122. The van der Waals surface area contributed by atoms with Gasteiger partial charge in [0.2, 0.25) is 0 Å². The van der Waals surface area contributed by atoms with Crippen molar-refractivity contribution in [3.8, 4) is 11.5 Å². The summed E-state index contributed by atoms with van der Waals surface area (Å²) in [6, 6.07) is 8.46. The van der Waals surface area contributed by atoms with Gasteiger partial charge in [-0.15, -0.1) is 0 Å². The highest BCUT2D eigenvalue weighted by atomic mass is 32.1. The summed E-state index contributed by atoms with van der Waals surface area (Å²) in [5, 5.41) is 2.51. The van der Waals surface area contributed by atoms with Crippen molar-refractivity contribution in [2.75, 3.05) is 50.3 Å². The number of methoxy groups -OCH3 is 2. The number of amides is 2. The number of thiocarbonyl (C=S) groups is 1. The highest BCUT2D eigenvalue weighted by Crippen LogP contribution is 2.34. The van der Waals surface area contributed by atoms with Crippen molar-refractivity contribution in [3.63, 3.8) is 0 Å². The normalized spacial score (nSPS) is 18.4. The molecular weight excluding hydrogens is 422 g/mol. The Morgan fingerprint density at radius 2 is 1.87 bits per heavy atom. The zero-order valence-corrected chi connectivity index (χ0v) is 17.9. The number of rotatable bonds is 5. The second-order valence-corrected chi connectivity index (χ2v) is 7.16. The molecule has 2 aliphatic rings. The Bertz CT molecular complexity index is 1060. The molecule has 3 heterocycles. The molecule has 0 spiro atoms. The lowest BCUT2D eigenvalue weighted by Gasteiger charge is -2.29. The Morgan fingerprint density at radius 3 is 2.58 bits per heavy atom. The Balaban J connectivity index is 1.65. The minimum Gasteiger partial charge on any atom is -0.497 e. The van der Waals surface area contributed by atoms with Gasteiger partial charge in [-0.25, -0.2) is 4.90 Å². The van der Waals surface area contributed by atoms with Crippen molar-refractivity contribution in [1.82, 2.24) is 5.32 Å². The maximum absolute atomic E-state index is 13.2. The van der Waals surface area contributed by atoms with E-state index in [4.69, 9.17) is 30.8 Å². The Labute approximate surface area is 184 Å². The van der Waals surface area contributed by atoms with Crippen LogP contribution in [-0.4, -0.2) is 57.4 Å². The molecule has 0 bridgehead atoms. The van der Waals surface area contributed by atoms with Crippen LogP contribution in [0.1, 0.15) is 5.76 Å². The monoisotopic (exact) mass is 443 g/mol. The van der Waals surface area contributed by atoms with Crippen LogP contribution < -0.4 is 24.6 Å². The maximum Gasteiger partial charge on any atom is 0.270 e. The van der Waals surface area contributed by atoms with Gasteiger partial charge in [-0.05, 0) is 36.5 Å². The molecule has 0 radical (unpaired) electrons. The maximum atomic E-state index is 13.2. The first-order valence-corrected chi connectivity index (χ1v) is 9.98. The number of carbonyl (C=O) groups excluding carboxylic acids is 2. The summed E-state index contributed by atoms with van der Waals surface area (Å²) < 4.78 is 21.8. The van der Waals surface area contributed by atoms with E-state index in [1.54, 1.807) is 30.3 Å². The van der Waals surface area contributed by atoms with E-state index in [1.807, 2.05) is 4.90 Å².